The van der Waals surface area contributed by atoms with Gasteiger partial charge in [-0.05, 0) is 18.9 Å². The zero-order valence-electron chi connectivity index (χ0n) is 13.4. The molecule has 1 aliphatic rings. The highest BCUT2D eigenvalue weighted by molar-refractivity contribution is 5.36. The zero-order chi connectivity index (χ0) is 17.6. The highest BCUT2D eigenvalue weighted by atomic mass is 19.3. The number of piperazine rings is 1. The Bertz CT molecular complexity index is 533. The second kappa shape index (κ2) is 8.48. The largest absolute Gasteiger partial charge is 0.461 e. The summed E-state index contributed by atoms with van der Waals surface area (Å²) in [6, 6.07) is 5.99. The molecule has 1 aromatic rings. The van der Waals surface area contributed by atoms with E-state index in [4.69, 9.17) is 0 Å². The fourth-order valence-electron chi connectivity index (χ4n) is 2.84. The van der Waals surface area contributed by atoms with E-state index in [0.717, 1.165) is 26.2 Å². The average Bonchev–Trinajstić information content (AvgIpc) is 2.57. The minimum absolute atomic E-state index is 0.185. The van der Waals surface area contributed by atoms with Crippen LogP contribution in [0, 0.1) is 0 Å². The third-order valence-electron chi connectivity index (χ3n) is 4.01. The quantitative estimate of drug-likeness (QED) is 0.572. The number of ether oxygens (including phenoxy) is 1. The van der Waals surface area contributed by atoms with Crippen molar-refractivity contribution in [2.45, 2.75) is 31.4 Å². The molecular formula is C17H22F4N2O. The third kappa shape index (κ3) is 4.70. The number of halogens is 4. The molecule has 0 spiro atoms. The minimum Gasteiger partial charge on any atom is -0.428 e. The smallest absolute Gasteiger partial charge is 0.428 e. The Balaban J connectivity index is 2.29. The number of nitrogens with one attached hydrogen (secondary N) is 1. The molecule has 0 radical (unpaired) electrons. The summed E-state index contributed by atoms with van der Waals surface area (Å²) in [5.41, 5.74) is 0.501. The average molecular weight is 346 g/mol. The maximum atomic E-state index is 13.4. The molecule has 0 aliphatic carbocycles. The van der Waals surface area contributed by atoms with Crippen LogP contribution in [-0.2, 0) is 0 Å². The summed E-state index contributed by atoms with van der Waals surface area (Å²) in [6.45, 7) is 6.78. The number of para-hydroxylation sites is 1. The predicted octanol–water partition coefficient (Wildman–Crippen LogP) is 3.84. The SMILES string of the molecule is C=CCC[C@H](c1ccccc1OC(F)(F)C(F)F)N1CCNCC1. The topological polar surface area (TPSA) is 24.5 Å². The van der Waals surface area contributed by atoms with Gasteiger partial charge >= 0.3 is 12.5 Å². The van der Waals surface area contributed by atoms with Crippen LogP contribution >= 0.6 is 0 Å². The summed E-state index contributed by atoms with van der Waals surface area (Å²) < 4.78 is 56.1. The van der Waals surface area contributed by atoms with Gasteiger partial charge < -0.3 is 10.1 Å². The lowest BCUT2D eigenvalue weighted by Crippen LogP contribution is -2.45. The molecule has 7 heteroatoms. The van der Waals surface area contributed by atoms with E-state index in [-0.39, 0.29) is 11.8 Å². The second-order valence-electron chi connectivity index (χ2n) is 5.67. The molecule has 1 aliphatic heterocycles. The standard InChI is InChI=1S/C17H22F4N2O/c1-2-3-7-14(23-11-9-22-10-12-23)13-6-4-5-8-15(13)24-17(20,21)16(18)19/h2,4-6,8,14,16,22H,1,3,7,9-12H2/t14-/m1/s1. The first-order chi connectivity index (χ1) is 11.5. The first-order valence-corrected chi connectivity index (χ1v) is 7.95. The molecule has 1 atom stereocenters. The molecule has 2 rings (SSSR count). The number of alkyl halides is 4. The van der Waals surface area contributed by atoms with Gasteiger partial charge in [0.15, 0.2) is 0 Å². The first kappa shape index (κ1) is 18.7. The molecule has 1 heterocycles. The van der Waals surface area contributed by atoms with E-state index in [1.165, 1.54) is 12.1 Å². The van der Waals surface area contributed by atoms with Gasteiger partial charge in [0.2, 0.25) is 0 Å². The fraction of sp³-hybridized carbons (Fsp3) is 0.529. The van der Waals surface area contributed by atoms with Gasteiger partial charge in [-0.3, -0.25) is 4.90 Å². The molecule has 0 saturated carbocycles. The van der Waals surface area contributed by atoms with E-state index in [0.29, 0.717) is 18.4 Å². The number of hydrogen-bond acceptors (Lipinski definition) is 3. The van der Waals surface area contributed by atoms with Crippen LogP contribution in [0.2, 0.25) is 0 Å². The van der Waals surface area contributed by atoms with Gasteiger partial charge in [0.1, 0.15) is 5.75 Å². The highest BCUT2D eigenvalue weighted by Gasteiger charge is 2.44. The molecule has 1 fully saturated rings. The Morgan fingerprint density at radius 1 is 1.25 bits per heavy atom. The minimum atomic E-state index is -4.51. The zero-order valence-corrected chi connectivity index (χ0v) is 13.4. The summed E-state index contributed by atoms with van der Waals surface area (Å²) in [5.74, 6) is -0.199. The van der Waals surface area contributed by atoms with E-state index in [2.05, 4.69) is 21.5 Å². The summed E-state index contributed by atoms with van der Waals surface area (Å²) in [4.78, 5) is 2.16. The van der Waals surface area contributed by atoms with E-state index < -0.39 is 12.5 Å². The van der Waals surface area contributed by atoms with Crippen LogP contribution in [0.5, 0.6) is 5.75 Å². The van der Waals surface area contributed by atoms with Gasteiger partial charge in [-0.25, -0.2) is 0 Å². The molecule has 0 aromatic heterocycles. The highest BCUT2D eigenvalue weighted by Crippen LogP contribution is 2.36. The molecule has 24 heavy (non-hydrogen) atoms. The summed E-state index contributed by atoms with van der Waals surface area (Å²) >= 11 is 0. The monoisotopic (exact) mass is 346 g/mol. The van der Waals surface area contributed by atoms with Crippen molar-refractivity contribution < 1.29 is 22.3 Å². The van der Waals surface area contributed by atoms with Crippen molar-refractivity contribution in [2.24, 2.45) is 0 Å². The lowest BCUT2D eigenvalue weighted by atomic mass is 9.98. The lowest BCUT2D eigenvalue weighted by molar-refractivity contribution is -0.253. The van der Waals surface area contributed by atoms with Crippen molar-refractivity contribution in [1.29, 1.82) is 0 Å². The van der Waals surface area contributed by atoms with Gasteiger partial charge in [0, 0.05) is 37.8 Å². The number of nitrogens with zero attached hydrogens (tertiary/aromatic N) is 1. The van der Waals surface area contributed by atoms with Gasteiger partial charge in [-0.1, -0.05) is 24.3 Å². The predicted molar refractivity (Wildman–Crippen MR) is 84.6 cm³/mol. The number of rotatable bonds is 8. The van der Waals surface area contributed by atoms with Gasteiger partial charge in [-0.2, -0.15) is 17.6 Å². The van der Waals surface area contributed by atoms with Crippen molar-refractivity contribution in [3.05, 3.63) is 42.5 Å². The van der Waals surface area contributed by atoms with Crippen LogP contribution in [0.4, 0.5) is 17.6 Å². The Morgan fingerprint density at radius 3 is 2.54 bits per heavy atom. The summed E-state index contributed by atoms with van der Waals surface area (Å²) in [6.07, 6.45) is -5.29. The molecule has 0 unspecified atom stereocenters. The molecule has 0 amide bonds. The summed E-state index contributed by atoms with van der Waals surface area (Å²) in [7, 11) is 0. The second-order valence-corrected chi connectivity index (χ2v) is 5.67. The van der Waals surface area contributed by atoms with Crippen molar-refractivity contribution in [3.8, 4) is 5.75 Å². The van der Waals surface area contributed by atoms with Crippen LogP contribution in [0.1, 0.15) is 24.4 Å². The summed E-state index contributed by atoms with van der Waals surface area (Å²) in [5, 5.41) is 3.23. The Labute approximate surface area is 139 Å². The lowest BCUT2D eigenvalue weighted by Gasteiger charge is -2.36. The fourth-order valence-corrected chi connectivity index (χ4v) is 2.84. The van der Waals surface area contributed by atoms with Crippen molar-refractivity contribution in [1.82, 2.24) is 10.2 Å². The van der Waals surface area contributed by atoms with Gasteiger partial charge in [-0.15, -0.1) is 6.58 Å². The van der Waals surface area contributed by atoms with Crippen LogP contribution < -0.4 is 10.1 Å². The van der Waals surface area contributed by atoms with Gasteiger partial charge in [0.05, 0.1) is 0 Å². The van der Waals surface area contributed by atoms with E-state index >= 15 is 0 Å². The van der Waals surface area contributed by atoms with Crippen LogP contribution in [0.3, 0.4) is 0 Å². The van der Waals surface area contributed by atoms with Gasteiger partial charge in [0.25, 0.3) is 0 Å². The number of allylic oxidation sites excluding steroid dienone is 1. The van der Waals surface area contributed by atoms with Crippen LogP contribution in [0.25, 0.3) is 0 Å². The Hall–Kier alpha value is -1.60. The van der Waals surface area contributed by atoms with E-state index in [1.54, 1.807) is 18.2 Å². The molecule has 1 N–H and O–H groups in total. The molecule has 1 aromatic carbocycles. The van der Waals surface area contributed by atoms with Crippen molar-refractivity contribution >= 4 is 0 Å². The maximum absolute atomic E-state index is 13.4. The van der Waals surface area contributed by atoms with Crippen LogP contribution in [-0.4, -0.2) is 43.6 Å². The van der Waals surface area contributed by atoms with E-state index in [9.17, 15) is 17.6 Å². The van der Waals surface area contributed by atoms with Crippen LogP contribution in [0.15, 0.2) is 36.9 Å². The number of hydrogen-bond donors (Lipinski definition) is 1. The Morgan fingerprint density at radius 2 is 1.92 bits per heavy atom. The number of benzene rings is 1. The molecule has 134 valence electrons. The molecule has 0 bridgehead atoms. The van der Waals surface area contributed by atoms with Crippen molar-refractivity contribution in [3.63, 3.8) is 0 Å². The molecule has 3 nitrogen and oxygen atoms in total. The Kier molecular flexibility index (Phi) is 6.62. The van der Waals surface area contributed by atoms with E-state index in [1.807, 2.05) is 0 Å². The first-order valence-electron chi connectivity index (χ1n) is 7.95. The molecule has 1 saturated heterocycles. The normalized spacial score (nSPS) is 17.7. The third-order valence-corrected chi connectivity index (χ3v) is 4.01. The molecular weight excluding hydrogens is 324 g/mol. The maximum Gasteiger partial charge on any atom is 0.461 e. The van der Waals surface area contributed by atoms with Crippen molar-refractivity contribution in [2.75, 3.05) is 26.2 Å².